The Kier molecular flexibility index (Phi) is 3.77. The summed E-state index contributed by atoms with van der Waals surface area (Å²) in [7, 11) is 3.36. The number of hydrogen-bond donors (Lipinski definition) is 0. The summed E-state index contributed by atoms with van der Waals surface area (Å²) in [6, 6.07) is 6.56. The fraction of sp³-hybridized carbons (Fsp3) is 0.588. The molecule has 1 fully saturated rings. The summed E-state index contributed by atoms with van der Waals surface area (Å²) in [4.78, 5) is 2.48. The van der Waals surface area contributed by atoms with Crippen molar-refractivity contribution in [3.8, 4) is 17.6 Å². The molecule has 1 heterocycles. The lowest BCUT2D eigenvalue weighted by Crippen LogP contribution is -2.35. The van der Waals surface area contributed by atoms with Crippen LogP contribution in [0.2, 0.25) is 0 Å². The third kappa shape index (κ3) is 2.84. The van der Waals surface area contributed by atoms with Gasteiger partial charge in [-0.3, -0.25) is 4.90 Å². The first-order valence-electron chi connectivity index (χ1n) is 7.53. The van der Waals surface area contributed by atoms with Gasteiger partial charge in [0, 0.05) is 26.1 Å². The molecule has 112 valence electrons. The van der Waals surface area contributed by atoms with Gasteiger partial charge in [-0.05, 0) is 47.9 Å². The van der Waals surface area contributed by atoms with Gasteiger partial charge in [0.15, 0.2) is 11.5 Å². The molecule has 2 aliphatic rings. The number of benzene rings is 1. The highest BCUT2D eigenvalue weighted by Crippen LogP contribution is 2.49. The molecule has 0 spiro atoms. The summed E-state index contributed by atoms with van der Waals surface area (Å²) >= 11 is 0. The van der Waals surface area contributed by atoms with E-state index in [0.717, 1.165) is 37.6 Å². The van der Waals surface area contributed by atoms with E-state index >= 15 is 0 Å². The Bertz CT molecular complexity index is 573. The lowest BCUT2D eigenvalue weighted by atomic mass is 9.96. The Labute approximate surface area is 126 Å². The largest absolute Gasteiger partial charge is 0.493 e. The maximum Gasteiger partial charge on any atom is 0.161 e. The van der Waals surface area contributed by atoms with E-state index in [1.54, 1.807) is 14.2 Å². The molecule has 1 saturated carbocycles. The van der Waals surface area contributed by atoms with Crippen molar-refractivity contribution in [2.45, 2.75) is 32.2 Å². The highest BCUT2D eigenvalue weighted by molar-refractivity contribution is 5.48. The predicted octanol–water partition coefficient (Wildman–Crippen LogP) is 2.76. The minimum atomic E-state index is 0.281. The number of fused-ring (bicyclic) bond motifs is 1. The van der Waals surface area contributed by atoms with Crippen molar-refractivity contribution in [1.29, 1.82) is 5.26 Å². The van der Waals surface area contributed by atoms with Gasteiger partial charge in [0.25, 0.3) is 0 Å². The summed E-state index contributed by atoms with van der Waals surface area (Å²) in [5.41, 5.74) is 2.96. The summed E-state index contributed by atoms with van der Waals surface area (Å²) in [6.45, 7) is 3.06. The van der Waals surface area contributed by atoms with E-state index in [2.05, 4.69) is 23.1 Å². The molecule has 0 unspecified atom stereocenters. The number of ether oxygens (including phenoxy) is 2. The second-order valence-electron chi connectivity index (χ2n) is 6.27. The van der Waals surface area contributed by atoms with Crippen LogP contribution in [0.1, 0.15) is 30.4 Å². The van der Waals surface area contributed by atoms with Gasteiger partial charge < -0.3 is 9.47 Å². The van der Waals surface area contributed by atoms with Gasteiger partial charge in [0.2, 0.25) is 0 Å². The molecule has 0 aromatic heterocycles. The third-order valence-electron chi connectivity index (χ3n) is 4.77. The van der Waals surface area contributed by atoms with E-state index in [9.17, 15) is 0 Å². The molecule has 21 heavy (non-hydrogen) atoms. The van der Waals surface area contributed by atoms with Crippen LogP contribution in [0.15, 0.2) is 12.1 Å². The van der Waals surface area contributed by atoms with Crippen molar-refractivity contribution in [1.82, 2.24) is 4.90 Å². The molecule has 1 aliphatic carbocycles. The second-order valence-corrected chi connectivity index (χ2v) is 6.27. The molecular formula is C17H22N2O2. The highest BCUT2D eigenvalue weighted by atomic mass is 16.5. The Hall–Kier alpha value is -1.73. The van der Waals surface area contributed by atoms with Crippen molar-refractivity contribution in [3.05, 3.63) is 23.3 Å². The number of nitriles is 1. The maximum atomic E-state index is 8.96. The molecule has 0 amide bonds. The topological polar surface area (TPSA) is 45.5 Å². The van der Waals surface area contributed by atoms with Gasteiger partial charge >= 0.3 is 0 Å². The molecule has 0 saturated heterocycles. The normalized spacial score (nSPS) is 19.5. The summed E-state index contributed by atoms with van der Waals surface area (Å²) < 4.78 is 10.8. The first kappa shape index (κ1) is 14.2. The van der Waals surface area contributed by atoms with Crippen LogP contribution in [0.5, 0.6) is 11.5 Å². The minimum absolute atomic E-state index is 0.281. The van der Waals surface area contributed by atoms with E-state index in [-0.39, 0.29) is 5.41 Å². The standard InChI is InChI=1S/C17H22N2O2/c1-20-15-9-13-3-8-19(11-14(13)10-16(15)21-2)12-17(4-5-17)6-7-18/h9-10H,3-6,8,11-12H2,1-2H3. The van der Waals surface area contributed by atoms with Crippen molar-refractivity contribution in [2.24, 2.45) is 5.41 Å². The smallest absolute Gasteiger partial charge is 0.161 e. The molecule has 0 bridgehead atoms. The maximum absolute atomic E-state index is 8.96. The van der Waals surface area contributed by atoms with Crippen LogP contribution in [-0.2, 0) is 13.0 Å². The molecule has 1 aromatic rings. The molecular weight excluding hydrogens is 264 g/mol. The van der Waals surface area contributed by atoms with Crippen molar-refractivity contribution in [3.63, 3.8) is 0 Å². The molecule has 4 nitrogen and oxygen atoms in total. The zero-order valence-electron chi connectivity index (χ0n) is 12.8. The third-order valence-corrected chi connectivity index (χ3v) is 4.77. The fourth-order valence-corrected chi connectivity index (χ4v) is 3.29. The minimum Gasteiger partial charge on any atom is -0.493 e. The molecule has 4 heteroatoms. The van der Waals surface area contributed by atoms with E-state index in [0.29, 0.717) is 6.42 Å². The Morgan fingerprint density at radius 2 is 1.86 bits per heavy atom. The molecule has 3 rings (SSSR count). The van der Waals surface area contributed by atoms with E-state index < -0.39 is 0 Å². The van der Waals surface area contributed by atoms with E-state index in [1.807, 2.05) is 0 Å². The van der Waals surface area contributed by atoms with Crippen LogP contribution in [0, 0.1) is 16.7 Å². The molecule has 1 aromatic carbocycles. The number of rotatable bonds is 5. The number of methoxy groups -OCH3 is 2. The zero-order valence-corrected chi connectivity index (χ0v) is 12.8. The monoisotopic (exact) mass is 286 g/mol. The van der Waals surface area contributed by atoms with E-state index in [4.69, 9.17) is 14.7 Å². The van der Waals surface area contributed by atoms with Crippen LogP contribution >= 0.6 is 0 Å². The van der Waals surface area contributed by atoms with Crippen LogP contribution < -0.4 is 9.47 Å². The van der Waals surface area contributed by atoms with Gasteiger partial charge in [-0.1, -0.05) is 0 Å². The highest BCUT2D eigenvalue weighted by Gasteiger charge is 2.43. The van der Waals surface area contributed by atoms with Crippen molar-refractivity contribution < 1.29 is 9.47 Å². The molecule has 0 N–H and O–H groups in total. The van der Waals surface area contributed by atoms with Gasteiger partial charge in [0.1, 0.15) is 0 Å². The summed E-state index contributed by atoms with van der Waals surface area (Å²) in [5.74, 6) is 1.61. The average Bonchev–Trinajstić information content (AvgIpc) is 3.25. The summed E-state index contributed by atoms with van der Waals surface area (Å²) in [6.07, 6.45) is 4.15. The average molecular weight is 286 g/mol. The second kappa shape index (κ2) is 5.57. The lowest BCUT2D eigenvalue weighted by Gasteiger charge is -2.32. The Morgan fingerprint density at radius 1 is 1.19 bits per heavy atom. The quantitative estimate of drug-likeness (QED) is 0.835. The first-order valence-corrected chi connectivity index (χ1v) is 7.53. The SMILES string of the molecule is COc1cc2c(cc1OC)CN(CC1(CC#N)CC1)CC2. The molecule has 0 atom stereocenters. The van der Waals surface area contributed by atoms with Gasteiger partial charge in [-0.15, -0.1) is 0 Å². The molecule has 0 radical (unpaired) electrons. The fourth-order valence-electron chi connectivity index (χ4n) is 3.29. The number of nitrogens with zero attached hydrogens (tertiary/aromatic N) is 2. The van der Waals surface area contributed by atoms with Gasteiger partial charge in [-0.2, -0.15) is 5.26 Å². The van der Waals surface area contributed by atoms with Crippen LogP contribution in [0.3, 0.4) is 0 Å². The van der Waals surface area contributed by atoms with E-state index in [1.165, 1.54) is 24.0 Å². The Morgan fingerprint density at radius 3 is 2.43 bits per heavy atom. The number of hydrogen-bond acceptors (Lipinski definition) is 4. The Balaban J connectivity index is 1.75. The van der Waals surface area contributed by atoms with Gasteiger partial charge in [-0.25, -0.2) is 0 Å². The van der Waals surface area contributed by atoms with Crippen molar-refractivity contribution >= 4 is 0 Å². The summed E-state index contributed by atoms with van der Waals surface area (Å²) in [5, 5.41) is 8.96. The van der Waals surface area contributed by atoms with Crippen molar-refractivity contribution in [2.75, 3.05) is 27.3 Å². The lowest BCUT2D eigenvalue weighted by molar-refractivity contribution is 0.203. The predicted molar refractivity (Wildman–Crippen MR) is 80.4 cm³/mol. The van der Waals surface area contributed by atoms with Crippen LogP contribution in [0.25, 0.3) is 0 Å². The van der Waals surface area contributed by atoms with Crippen LogP contribution in [-0.4, -0.2) is 32.2 Å². The van der Waals surface area contributed by atoms with Crippen LogP contribution in [0.4, 0.5) is 0 Å². The van der Waals surface area contributed by atoms with Gasteiger partial charge in [0.05, 0.1) is 20.3 Å². The zero-order chi connectivity index (χ0) is 14.9. The molecule has 1 aliphatic heterocycles. The first-order chi connectivity index (χ1) is 10.2.